The summed E-state index contributed by atoms with van der Waals surface area (Å²) in [6.45, 7) is 3.84. The van der Waals surface area contributed by atoms with E-state index < -0.39 is 0 Å². The Balaban J connectivity index is 2.26. The third-order valence-corrected chi connectivity index (χ3v) is 2.11. The fourth-order valence-electron chi connectivity index (χ4n) is 1.29. The molecule has 2 rings (SSSR count). The number of nitrogens with zero attached hydrogens (tertiary/aromatic N) is 3. The van der Waals surface area contributed by atoms with Crippen molar-refractivity contribution in [3.63, 3.8) is 0 Å². The second-order valence-electron chi connectivity index (χ2n) is 3.32. The zero-order valence-corrected chi connectivity index (χ0v) is 8.73. The van der Waals surface area contributed by atoms with E-state index in [-0.39, 0.29) is 0 Å². The van der Waals surface area contributed by atoms with Crippen LogP contribution in [0.15, 0.2) is 40.6 Å². The van der Waals surface area contributed by atoms with Gasteiger partial charge in [-0.05, 0) is 26.0 Å². The highest BCUT2D eigenvalue weighted by atomic mass is 15.2. The van der Waals surface area contributed by atoms with Gasteiger partial charge in [0.15, 0.2) is 0 Å². The van der Waals surface area contributed by atoms with E-state index >= 15 is 0 Å². The number of hydrogen-bond acceptors (Lipinski definition) is 3. The van der Waals surface area contributed by atoms with Gasteiger partial charge in [0.25, 0.3) is 0 Å². The third-order valence-electron chi connectivity index (χ3n) is 2.11. The zero-order chi connectivity index (χ0) is 10.7. The lowest BCUT2D eigenvalue weighted by atomic mass is 10.3. The average molecular weight is 200 g/mol. The van der Waals surface area contributed by atoms with Crippen LogP contribution in [0.25, 0.3) is 0 Å². The maximum atomic E-state index is 4.17. The topological polar surface area (TPSA) is 53.4 Å². The number of rotatable bonds is 2. The third kappa shape index (κ3) is 2.10. The van der Waals surface area contributed by atoms with Gasteiger partial charge < -0.3 is 0 Å². The monoisotopic (exact) mass is 200 g/mol. The van der Waals surface area contributed by atoms with Crippen LogP contribution >= 0.6 is 0 Å². The van der Waals surface area contributed by atoms with Crippen LogP contribution < -0.4 is 0 Å². The molecular weight excluding hydrogens is 188 g/mol. The minimum absolute atomic E-state index is 0.818. The van der Waals surface area contributed by atoms with E-state index in [1.165, 1.54) is 0 Å². The molecule has 1 N–H and O–H groups in total. The maximum absolute atomic E-state index is 4.17. The van der Waals surface area contributed by atoms with E-state index in [1.54, 1.807) is 0 Å². The van der Waals surface area contributed by atoms with Gasteiger partial charge in [0.05, 0.1) is 17.1 Å². The number of aromatic nitrogens is 2. The van der Waals surface area contributed by atoms with Crippen molar-refractivity contribution >= 4 is 11.4 Å². The Morgan fingerprint density at radius 2 is 1.80 bits per heavy atom. The van der Waals surface area contributed by atoms with Crippen LogP contribution in [0.1, 0.15) is 11.4 Å². The molecule has 4 heteroatoms. The molecule has 0 aliphatic rings. The van der Waals surface area contributed by atoms with Crippen molar-refractivity contribution in [1.82, 2.24) is 10.2 Å². The van der Waals surface area contributed by atoms with Gasteiger partial charge in [-0.25, -0.2) is 0 Å². The van der Waals surface area contributed by atoms with Gasteiger partial charge in [0, 0.05) is 0 Å². The standard InChI is InChI=1S/C11H12N4/c1-8-11(9(2)13-12-8)15-14-10-6-4-3-5-7-10/h3-7H,1-2H3,(H,12,13)/b15-14+. The molecule has 0 aliphatic heterocycles. The fourth-order valence-corrected chi connectivity index (χ4v) is 1.29. The highest BCUT2D eigenvalue weighted by Crippen LogP contribution is 2.22. The van der Waals surface area contributed by atoms with Gasteiger partial charge in [-0.2, -0.15) is 10.2 Å². The van der Waals surface area contributed by atoms with E-state index in [9.17, 15) is 0 Å². The molecule has 1 aromatic heterocycles. The number of aromatic amines is 1. The molecule has 0 amide bonds. The Morgan fingerprint density at radius 3 is 2.40 bits per heavy atom. The first kappa shape index (κ1) is 9.58. The molecule has 1 aromatic carbocycles. The first-order chi connectivity index (χ1) is 7.27. The van der Waals surface area contributed by atoms with Crippen LogP contribution in [-0.4, -0.2) is 10.2 Å². The molecule has 0 fully saturated rings. The Bertz CT molecular complexity index is 451. The smallest absolute Gasteiger partial charge is 0.129 e. The van der Waals surface area contributed by atoms with E-state index in [0.717, 1.165) is 22.8 Å². The normalized spacial score (nSPS) is 11.1. The minimum Gasteiger partial charge on any atom is -0.280 e. The average Bonchev–Trinajstić information content (AvgIpc) is 2.58. The number of hydrogen-bond donors (Lipinski definition) is 1. The Hall–Kier alpha value is -1.97. The second-order valence-corrected chi connectivity index (χ2v) is 3.32. The zero-order valence-electron chi connectivity index (χ0n) is 8.73. The Kier molecular flexibility index (Phi) is 2.58. The molecule has 0 atom stereocenters. The van der Waals surface area contributed by atoms with E-state index in [1.807, 2.05) is 44.2 Å². The summed E-state index contributed by atoms with van der Waals surface area (Å²) < 4.78 is 0. The summed E-state index contributed by atoms with van der Waals surface area (Å²) >= 11 is 0. The molecule has 15 heavy (non-hydrogen) atoms. The predicted molar refractivity (Wildman–Crippen MR) is 58.7 cm³/mol. The maximum Gasteiger partial charge on any atom is 0.129 e. The predicted octanol–water partition coefficient (Wildman–Crippen LogP) is 3.44. The molecule has 4 nitrogen and oxygen atoms in total. The van der Waals surface area contributed by atoms with Crippen molar-refractivity contribution in [2.75, 3.05) is 0 Å². The van der Waals surface area contributed by atoms with Crippen molar-refractivity contribution in [2.24, 2.45) is 10.2 Å². The summed E-state index contributed by atoms with van der Waals surface area (Å²) in [5, 5.41) is 15.2. The van der Waals surface area contributed by atoms with Gasteiger partial charge in [0.1, 0.15) is 5.69 Å². The SMILES string of the molecule is Cc1n[nH]c(C)c1/N=N/c1ccccc1. The van der Waals surface area contributed by atoms with Gasteiger partial charge in [-0.3, -0.25) is 5.10 Å². The van der Waals surface area contributed by atoms with Crippen molar-refractivity contribution < 1.29 is 0 Å². The van der Waals surface area contributed by atoms with E-state index in [0.29, 0.717) is 0 Å². The van der Waals surface area contributed by atoms with Crippen molar-refractivity contribution in [3.05, 3.63) is 41.7 Å². The van der Waals surface area contributed by atoms with Crippen LogP contribution in [0.3, 0.4) is 0 Å². The van der Waals surface area contributed by atoms with Gasteiger partial charge in [0.2, 0.25) is 0 Å². The van der Waals surface area contributed by atoms with Crippen LogP contribution in [0.5, 0.6) is 0 Å². The molecule has 0 saturated carbocycles. The number of nitrogens with one attached hydrogen (secondary N) is 1. The molecule has 0 bridgehead atoms. The van der Waals surface area contributed by atoms with Crippen molar-refractivity contribution in [3.8, 4) is 0 Å². The fraction of sp³-hybridized carbons (Fsp3) is 0.182. The minimum atomic E-state index is 0.818. The molecule has 76 valence electrons. The van der Waals surface area contributed by atoms with Crippen molar-refractivity contribution in [2.45, 2.75) is 13.8 Å². The summed E-state index contributed by atoms with van der Waals surface area (Å²) in [6.07, 6.45) is 0. The number of benzene rings is 1. The largest absolute Gasteiger partial charge is 0.280 e. The molecule has 2 aromatic rings. The molecular formula is C11H12N4. The number of H-pyrrole nitrogens is 1. The lowest BCUT2D eigenvalue weighted by Gasteiger charge is -1.91. The molecule has 0 radical (unpaired) electrons. The summed E-state index contributed by atoms with van der Waals surface area (Å²) in [5.74, 6) is 0. The van der Waals surface area contributed by atoms with Gasteiger partial charge in [-0.1, -0.05) is 18.2 Å². The number of aryl methyl sites for hydroxylation is 2. The molecule has 0 spiro atoms. The van der Waals surface area contributed by atoms with Crippen LogP contribution in [0.4, 0.5) is 11.4 Å². The van der Waals surface area contributed by atoms with Crippen LogP contribution in [-0.2, 0) is 0 Å². The lowest BCUT2D eigenvalue weighted by Crippen LogP contribution is -1.68. The summed E-state index contributed by atoms with van der Waals surface area (Å²) in [5.41, 5.74) is 3.47. The molecule has 0 saturated heterocycles. The van der Waals surface area contributed by atoms with Crippen LogP contribution in [0, 0.1) is 13.8 Å². The molecule has 1 heterocycles. The second kappa shape index (κ2) is 4.04. The molecule has 0 unspecified atom stereocenters. The number of azo groups is 1. The quantitative estimate of drug-likeness (QED) is 0.741. The summed E-state index contributed by atoms with van der Waals surface area (Å²) in [6, 6.07) is 9.64. The molecule has 0 aliphatic carbocycles. The lowest BCUT2D eigenvalue weighted by molar-refractivity contribution is 1.02. The van der Waals surface area contributed by atoms with Gasteiger partial charge >= 0.3 is 0 Å². The summed E-state index contributed by atoms with van der Waals surface area (Å²) in [4.78, 5) is 0. The van der Waals surface area contributed by atoms with Gasteiger partial charge in [-0.15, -0.1) is 5.11 Å². The Morgan fingerprint density at radius 1 is 1.07 bits per heavy atom. The van der Waals surface area contributed by atoms with Crippen molar-refractivity contribution in [1.29, 1.82) is 0 Å². The van der Waals surface area contributed by atoms with E-state index in [2.05, 4.69) is 20.4 Å². The van der Waals surface area contributed by atoms with E-state index in [4.69, 9.17) is 0 Å². The highest BCUT2D eigenvalue weighted by Gasteiger charge is 2.03. The first-order valence-corrected chi connectivity index (χ1v) is 4.76. The Labute approximate surface area is 88.1 Å². The van der Waals surface area contributed by atoms with Crippen LogP contribution in [0.2, 0.25) is 0 Å². The first-order valence-electron chi connectivity index (χ1n) is 4.76. The highest BCUT2D eigenvalue weighted by molar-refractivity contribution is 5.46. The summed E-state index contributed by atoms with van der Waals surface area (Å²) in [7, 11) is 0.